The van der Waals surface area contributed by atoms with Gasteiger partial charge in [0, 0.05) is 7.11 Å². The average Bonchev–Trinajstić information content (AvgIpc) is 3.07. The Kier molecular flexibility index (Phi) is 8.04. The van der Waals surface area contributed by atoms with Gasteiger partial charge in [0.05, 0.1) is 4.91 Å². The van der Waals surface area contributed by atoms with Crippen LogP contribution in [0, 0.1) is 0 Å². The SMILES string of the molecule is COCOC(c1ccccc1)c1ccc(CCCCC=C2SC(=O)NC2=O)cc1. The first-order valence-electron chi connectivity index (χ1n) is 9.65. The minimum atomic E-state index is -0.287. The van der Waals surface area contributed by atoms with Crippen LogP contribution in [0.25, 0.3) is 0 Å². The van der Waals surface area contributed by atoms with Gasteiger partial charge in [-0.15, -0.1) is 0 Å². The molecular formula is C23H25NO4S. The van der Waals surface area contributed by atoms with Crippen LogP contribution in [0.1, 0.15) is 42.1 Å². The largest absolute Gasteiger partial charge is 0.359 e. The third kappa shape index (κ3) is 6.29. The highest BCUT2D eigenvalue weighted by atomic mass is 32.2. The fraction of sp³-hybridized carbons (Fsp3) is 0.304. The van der Waals surface area contributed by atoms with Crippen molar-refractivity contribution in [1.29, 1.82) is 0 Å². The molecule has 1 aliphatic heterocycles. The highest BCUT2D eigenvalue weighted by molar-refractivity contribution is 8.18. The number of imide groups is 1. The molecule has 1 aliphatic rings. The van der Waals surface area contributed by atoms with Gasteiger partial charge in [-0.25, -0.2) is 0 Å². The predicted octanol–water partition coefficient (Wildman–Crippen LogP) is 4.98. The van der Waals surface area contributed by atoms with Crippen LogP contribution in [-0.2, 0) is 20.7 Å². The van der Waals surface area contributed by atoms with Gasteiger partial charge in [0.25, 0.3) is 11.1 Å². The van der Waals surface area contributed by atoms with Crippen molar-refractivity contribution in [3.05, 3.63) is 82.3 Å². The molecule has 1 fully saturated rings. The van der Waals surface area contributed by atoms with E-state index in [1.54, 1.807) is 7.11 Å². The fourth-order valence-corrected chi connectivity index (χ4v) is 3.86. The zero-order chi connectivity index (χ0) is 20.5. The second-order valence-electron chi connectivity index (χ2n) is 6.76. The summed E-state index contributed by atoms with van der Waals surface area (Å²) < 4.78 is 11.0. The lowest BCUT2D eigenvalue weighted by molar-refractivity contribution is -0.115. The van der Waals surface area contributed by atoms with E-state index in [2.05, 4.69) is 41.7 Å². The molecule has 152 valence electrons. The number of methoxy groups -OCH3 is 1. The van der Waals surface area contributed by atoms with E-state index >= 15 is 0 Å². The van der Waals surface area contributed by atoms with Crippen LogP contribution in [0.5, 0.6) is 0 Å². The number of hydrogen-bond donors (Lipinski definition) is 1. The molecule has 2 amide bonds. The summed E-state index contributed by atoms with van der Waals surface area (Å²) in [5.41, 5.74) is 3.46. The highest BCUT2D eigenvalue weighted by Gasteiger charge is 2.24. The molecule has 5 nitrogen and oxygen atoms in total. The Morgan fingerprint density at radius 3 is 2.38 bits per heavy atom. The quantitative estimate of drug-likeness (QED) is 0.339. The van der Waals surface area contributed by atoms with Gasteiger partial charge >= 0.3 is 0 Å². The number of carbonyl (C=O) groups excluding carboxylic acids is 2. The van der Waals surface area contributed by atoms with Gasteiger partial charge in [0.15, 0.2) is 0 Å². The predicted molar refractivity (Wildman–Crippen MR) is 114 cm³/mol. The molecule has 0 aromatic heterocycles. The van der Waals surface area contributed by atoms with Crippen LogP contribution in [0.4, 0.5) is 4.79 Å². The first kappa shape index (κ1) is 21.3. The number of thioether (sulfide) groups is 1. The molecule has 29 heavy (non-hydrogen) atoms. The molecule has 0 aliphatic carbocycles. The Labute approximate surface area is 175 Å². The second kappa shape index (κ2) is 11.0. The molecule has 1 heterocycles. The highest BCUT2D eigenvalue weighted by Crippen LogP contribution is 2.27. The zero-order valence-electron chi connectivity index (χ0n) is 16.4. The topological polar surface area (TPSA) is 64.6 Å². The van der Waals surface area contributed by atoms with E-state index in [1.807, 2.05) is 24.3 Å². The van der Waals surface area contributed by atoms with Crippen LogP contribution in [0.2, 0.25) is 0 Å². The van der Waals surface area contributed by atoms with Crippen molar-refractivity contribution in [2.24, 2.45) is 0 Å². The molecule has 0 bridgehead atoms. The number of benzene rings is 2. The summed E-state index contributed by atoms with van der Waals surface area (Å²) in [4.78, 5) is 23.1. The molecule has 0 saturated carbocycles. The minimum absolute atomic E-state index is 0.158. The number of hydrogen-bond acceptors (Lipinski definition) is 5. The lowest BCUT2D eigenvalue weighted by atomic mass is 9.98. The maximum absolute atomic E-state index is 11.5. The molecule has 0 spiro atoms. The van der Waals surface area contributed by atoms with Crippen LogP contribution < -0.4 is 5.32 Å². The van der Waals surface area contributed by atoms with Crippen LogP contribution in [0.15, 0.2) is 65.6 Å². The van der Waals surface area contributed by atoms with Crippen molar-refractivity contribution in [3.8, 4) is 0 Å². The normalized spacial score (nSPS) is 16.2. The molecule has 2 aromatic carbocycles. The van der Waals surface area contributed by atoms with Crippen molar-refractivity contribution < 1.29 is 19.1 Å². The Morgan fingerprint density at radius 2 is 1.72 bits per heavy atom. The van der Waals surface area contributed by atoms with E-state index in [1.165, 1.54) is 5.56 Å². The number of allylic oxidation sites excluding steroid dienone is 1. The van der Waals surface area contributed by atoms with Gasteiger partial charge in [0.2, 0.25) is 0 Å². The van der Waals surface area contributed by atoms with E-state index in [0.717, 1.165) is 48.6 Å². The summed E-state index contributed by atoms with van der Waals surface area (Å²) in [6.07, 6.45) is 5.45. The smallest absolute Gasteiger partial charge is 0.290 e. The summed E-state index contributed by atoms with van der Waals surface area (Å²) >= 11 is 0.977. The van der Waals surface area contributed by atoms with Gasteiger partial charge in [-0.05, 0) is 54.1 Å². The molecule has 1 atom stereocenters. The van der Waals surface area contributed by atoms with Crippen LogP contribution >= 0.6 is 11.8 Å². The van der Waals surface area contributed by atoms with Crippen LogP contribution in [-0.4, -0.2) is 25.0 Å². The summed E-state index contributed by atoms with van der Waals surface area (Å²) in [6, 6.07) is 18.6. The maximum Gasteiger partial charge on any atom is 0.290 e. The Morgan fingerprint density at radius 1 is 1.00 bits per heavy atom. The number of carbonyl (C=O) groups is 2. The number of ether oxygens (including phenoxy) is 2. The van der Waals surface area contributed by atoms with Crippen molar-refractivity contribution in [2.75, 3.05) is 13.9 Å². The number of unbranched alkanes of at least 4 members (excludes halogenated alkanes) is 2. The molecule has 1 N–H and O–H groups in total. The number of nitrogens with one attached hydrogen (secondary N) is 1. The van der Waals surface area contributed by atoms with E-state index in [4.69, 9.17) is 9.47 Å². The van der Waals surface area contributed by atoms with Crippen molar-refractivity contribution in [3.63, 3.8) is 0 Å². The number of rotatable bonds is 10. The van der Waals surface area contributed by atoms with Gasteiger partial charge in [-0.3, -0.25) is 14.9 Å². The summed E-state index contributed by atoms with van der Waals surface area (Å²) in [6.45, 7) is 0.235. The molecule has 0 radical (unpaired) electrons. The number of amides is 2. The Balaban J connectivity index is 1.51. The minimum Gasteiger partial charge on any atom is -0.359 e. The van der Waals surface area contributed by atoms with Gasteiger partial charge < -0.3 is 9.47 Å². The fourth-order valence-electron chi connectivity index (χ4n) is 3.17. The Bertz CT molecular complexity index is 849. The number of aryl methyl sites for hydroxylation is 1. The standard InChI is InChI=1S/C23H25NO4S/c1-27-16-28-21(18-9-5-3-6-10-18)19-14-12-17(13-15-19)8-4-2-7-11-20-22(25)24-23(26)29-20/h3,5-6,9-15,21H,2,4,7-8,16H2,1H3,(H,24,25,26). The van der Waals surface area contributed by atoms with Crippen molar-refractivity contribution in [2.45, 2.75) is 31.8 Å². The molecule has 6 heteroatoms. The lowest BCUT2D eigenvalue weighted by Crippen LogP contribution is -2.17. The summed E-state index contributed by atoms with van der Waals surface area (Å²) in [5, 5.41) is 1.98. The molecule has 1 saturated heterocycles. The van der Waals surface area contributed by atoms with Gasteiger partial charge in [-0.1, -0.05) is 60.7 Å². The second-order valence-corrected chi connectivity index (χ2v) is 7.78. The molecule has 3 rings (SSSR count). The van der Waals surface area contributed by atoms with Crippen molar-refractivity contribution >= 4 is 22.9 Å². The maximum atomic E-state index is 11.5. The first-order chi connectivity index (χ1) is 14.2. The van der Waals surface area contributed by atoms with Crippen LogP contribution in [0.3, 0.4) is 0 Å². The van der Waals surface area contributed by atoms with E-state index in [-0.39, 0.29) is 24.0 Å². The summed E-state index contributed by atoms with van der Waals surface area (Å²) in [5.74, 6) is -0.278. The van der Waals surface area contributed by atoms with Gasteiger partial charge in [-0.2, -0.15) is 0 Å². The Hall–Kier alpha value is -2.41. The van der Waals surface area contributed by atoms with E-state index in [0.29, 0.717) is 4.91 Å². The third-order valence-corrected chi connectivity index (χ3v) is 5.49. The zero-order valence-corrected chi connectivity index (χ0v) is 17.2. The van der Waals surface area contributed by atoms with Gasteiger partial charge in [0.1, 0.15) is 12.9 Å². The average molecular weight is 412 g/mol. The molecular weight excluding hydrogens is 386 g/mol. The van der Waals surface area contributed by atoms with E-state index in [9.17, 15) is 9.59 Å². The lowest BCUT2D eigenvalue weighted by Gasteiger charge is -2.18. The van der Waals surface area contributed by atoms with Crippen molar-refractivity contribution in [1.82, 2.24) is 5.32 Å². The third-order valence-electron chi connectivity index (χ3n) is 4.63. The summed E-state index contributed by atoms with van der Waals surface area (Å²) in [7, 11) is 1.62. The van der Waals surface area contributed by atoms with E-state index < -0.39 is 0 Å². The molecule has 1 unspecified atom stereocenters. The first-order valence-corrected chi connectivity index (χ1v) is 10.5. The monoisotopic (exact) mass is 411 g/mol. The molecule has 2 aromatic rings.